The van der Waals surface area contributed by atoms with Crippen molar-refractivity contribution >= 4 is 5.91 Å². The summed E-state index contributed by atoms with van der Waals surface area (Å²) in [5, 5.41) is 3.12. The molecule has 0 aliphatic carbocycles. The van der Waals surface area contributed by atoms with Crippen molar-refractivity contribution in [3.05, 3.63) is 35.9 Å². The molecule has 1 amide bonds. The molecular weight excluding hydrogens is 374 g/mol. The zero-order valence-electron chi connectivity index (χ0n) is 18.0. The summed E-state index contributed by atoms with van der Waals surface area (Å²) >= 11 is 0. The number of likely N-dealkylation sites (tertiary alicyclic amines) is 2. The highest BCUT2D eigenvalue weighted by Gasteiger charge is 2.30. The minimum absolute atomic E-state index is 0.177. The van der Waals surface area contributed by atoms with Gasteiger partial charge in [0.1, 0.15) is 0 Å². The van der Waals surface area contributed by atoms with Crippen LogP contribution in [0, 0.1) is 17.8 Å². The van der Waals surface area contributed by atoms with Crippen molar-refractivity contribution in [2.45, 2.75) is 50.7 Å². The quantitative estimate of drug-likeness (QED) is 0.759. The van der Waals surface area contributed by atoms with Gasteiger partial charge in [-0.3, -0.25) is 9.69 Å². The van der Waals surface area contributed by atoms with E-state index in [-0.39, 0.29) is 17.9 Å². The van der Waals surface area contributed by atoms with Crippen LogP contribution in [0.15, 0.2) is 30.3 Å². The molecule has 4 rings (SSSR count). The standard InChI is InChI=1S/C25H35N3O2/c29-25(26-20-24-9-5-19-30-24)22-10-17-28(18-11-22)23-12-15-27(16-13-23)14-4-8-21-6-2-1-3-7-21/h1-3,6-7,22-24H,5,9-20H2,(H,26,29). The molecule has 3 saturated heterocycles. The van der Waals surface area contributed by atoms with Gasteiger partial charge in [-0.25, -0.2) is 0 Å². The second-order valence-corrected chi connectivity index (χ2v) is 8.87. The van der Waals surface area contributed by atoms with Gasteiger partial charge in [0.2, 0.25) is 5.91 Å². The van der Waals surface area contributed by atoms with Gasteiger partial charge >= 0.3 is 0 Å². The first-order valence-corrected chi connectivity index (χ1v) is 11.7. The molecule has 1 aromatic carbocycles. The number of carbonyl (C=O) groups excluding carboxylic acids is 1. The molecule has 3 heterocycles. The van der Waals surface area contributed by atoms with Gasteiger partial charge in [-0.1, -0.05) is 30.0 Å². The van der Waals surface area contributed by atoms with E-state index in [1.165, 1.54) is 12.8 Å². The van der Waals surface area contributed by atoms with Crippen LogP contribution in [0.5, 0.6) is 0 Å². The number of hydrogen-bond donors (Lipinski definition) is 1. The summed E-state index contributed by atoms with van der Waals surface area (Å²) in [5.74, 6) is 7.00. The Morgan fingerprint density at radius 1 is 1.03 bits per heavy atom. The number of benzene rings is 1. The molecule has 1 N–H and O–H groups in total. The minimum atomic E-state index is 0.177. The van der Waals surface area contributed by atoms with Gasteiger partial charge in [0.15, 0.2) is 0 Å². The predicted molar refractivity (Wildman–Crippen MR) is 119 cm³/mol. The van der Waals surface area contributed by atoms with E-state index in [0.717, 1.165) is 70.6 Å². The van der Waals surface area contributed by atoms with Gasteiger partial charge in [0.25, 0.3) is 0 Å². The molecule has 3 fully saturated rings. The molecule has 3 aliphatic heterocycles. The third-order valence-electron chi connectivity index (χ3n) is 6.81. The first-order valence-electron chi connectivity index (χ1n) is 11.7. The van der Waals surface area contributed by atoms with Gasteiger partial charge in [0.05, 0.1) is 12.6 Å². The SMILES string of the molecule is O=C(NCC1CCCO1)C1CCN(C2CCN(CC#Cc3ccccc3)CC2)CC1. The Kier molecular flexibility index (Phi) is 7.80. The maximum atomic E-state index is 12.5. The summed E-state index contributed by atoms with van der Waals surface area (Å²) in [6.07, 6.45) is 6.83. The topological polar surface area (TPSA) is 44.8 Å². The Labute approximate surface area is 181 Å². The first kappa shape index (κ1) is 21.4. The number of piperidine rings is 2. The van der Waals surface area contributed by atoms with E-state index in [1.807, 2.05) is 18.2 Å². The number of rotatable bonds is 5. The lowest BCUT2D eigenvalue weighted by molar-refractivity contribution is -0.127. The van der Waals surface area contributed by atoms with E-state index in [4.69, 9.17) is 4.74 Å². The van der Waals surface area contributed by atoms with Crippen molar-refractivity contribution < 1.29 is 9.53 Å². The van der Waals surface area contributed by atoms with Crippen molar-refractivity contribution in [1.82, 2.24) is 15.1 Å². The molecule has 0 radical (unpaired) electrons. The van der Waals surface area contributed by atoms with Crippen molar-refractivity contribution in [2.75, 3.05) is 45.9 Å². The molecule has 3 aliphatic rings. The number of nitrogens with one attached hydrogen (secondary N) is 1. The highest BCUT2D eigenvalue weighted by atomic mass is 16.5. The maximum Gasteiger partial charge on any atom is 0.223 e. The van der Waals surface area contributed by atoms with Crippen LogP contribution in [0.4, 0.5) is 0 Å². The van der Waals surface area contributed by atoms with Crippen LogP contribution >= 0.6 is 0 Å². The van der Waals surface area contributed by atoms with Gasteiger partial charge in [-0.05, 0) is 63.7 Å². The fourth-order valence-corrected chi connectivity index (χ4v) is 4.91. The first-order chi connectivity index (χ1) is 14.8. The summed E-state index contributed by atoms with van der Waals surface area (Å²) in [6, 6.07) is 10.9. The molecule has 1 atom stereocenters. The molecule has 0 aromatic heterocycles. The highest BCUT2D eigenvalue weighted by molar-refractivity contribution is 5.78. The Morgan fingerprint density at radius 3 is 2.50 bits per heavy atom. The van der Waals surface area contributed by atoms with Crippen molar-refractivity contribution in [2.24, 2.45) is 5.92 Å². The van der Waals surface area contributed by atoms with E-state index < -0.39 is 0 Å². The smallest absolute Gasteiger partial charge is 0.223 e. The average molecular weight is 410 g/mol. The number of amides is 1. The van der Waals surface area contributed by atoms with Gasteiger partial charge < -0.3 is 15.0 Å². The minimum Gasteiger partial charge on any atom is -0.376 e. The fourth-order valence-electron chi connectivity index (χ4n) is 4.91. The lowest BCUT2D eigenvalue weighted by Gasteiger charge is -2.41. The summed E-state index contributed by atoms with van der Waals surface area (Å²) in [6.45, 7) is 6.73. The van der Waals surface area contributed by atoms with Gasteiger partial charge in [-0.15, -0.1) is 0 Å². The molecule has 1 unspecified atom stereocenters. The summed E-state index contributed by atoms with van der Waals surface area (Å²) in [7, 11) is 0. The van der Waals surface area contributed by atoms with Crippen molar-refractivity contribution in [3.63, 3.8) is 0 Å². The summed E-state index contributed by atoms with van der Waals surface area (Å²) in [4.78, 5) is 17.6. The Morgan fingerprint density at radius 2 is 1.80 bits per heavy atom. The van der Waals surface area contributed by atoms with Crippen LogP contribution in [0.2, 0.25) is 0 Å². The third-order valence-corrected chi connectivity index (χ3v) is 6.81. The monoisotopic (exact) mass is 409 g/mol. The zero-order valence-corrected chi connectivity index (χ0v) is 18.0. The van der Waals surface area contributed by atoms with E-state index in [1.54, 1.807) is 0 Å². The molecule has 5 heteroatoms. The van der Waals surface area contributed by atoms with Gasteiger partial charge in [-0.2, -0.15) is 0 Å². The number of ether oxygens (including phenoxy) is 1. The fraction of sp³-hybridized carbons (Fsp3) is 0.640. The lowest BCUT2D eigenvalue weighted by Crippen LogP contribution is -2.49. The largest absolute Gasteiger partial charge is 0.376 e. The van der Waals surface area contributed by atoms with Crippen LogP contribution < -0.4 is 5.32 Å². The Balaban J connectivity index is 1.13. The second-order valence-electron chi connectivity index (χ2n) is 8.87. The predicted octanol–water partition coefficient (Wildman–Crippen LogP) is 2.51. The van der Waals surface area contributed by atoms with E-state index in [9.17, 15) is 4.79 Å². The number of carbonyl (C=O) groups is 1. The molecule has 30 heavy (non-hydrogen) atoms. The molecule has 162 valence electrons. The average Bonchev–Trinajstić information content (AvgIpc) is 3.33. The van der Waals surface area contributed by atoms with E-state index in [2.05, 4.69) is 39.1 Å². The van der Waals surface area contributed by atoms with E-state index >= 15 is 0 Å². The zero-order chi connectivity index (χ0) is 20.6. The highest BCUT2D eigenvalue weighted by Crippen LogP contribution is 2.24. The molecular formula is C25H35N3O2. The summed E-state index contributed by atoms with van der Waals surface area (Å²) in [5.41, 5.74) is 1.09. The van der Waals surface area contributed by atoms with Gasteiger partial charge in [0, 0.05) is 43.8 Å². The molecule has 0 bridgehead atoms. The Bertz CT molecular complexity index is 720. The van der Waals surface area contributed by atoms with Crippen LogP contribution in [0.1, 0.15) is 44.1 Å². The molecule has 0 saturated carbocycles. The van der Waals surface area contributed by atoms with Crippen LogP contribution in [0.3, 0.4) is 0 Å². The van der Waals surface area contributed by atoms with Crippen LogP contribution in [-0.2, 0) is 9.53 Å². The Hall–Kier alpha value is -1.87. The maximum absolute atomic E-state index is 12.5. The van der Waals surface area contributed by atoms with Crippen LogP contribution in [0.25, 0.3) is 0 Å². The number of nitrogens with zero attached hydrogens (tertiary/aromatic N) is 2. The molecule has 0 spiro atoms. The normalized spacial score (nSPS) is 24.3. The lowest BCUT2D eigenvalue weighted by atomic mass is 9.92. The number of hydrogen-bond acceptors (Lipinski definition) is 4. The van der Waals surface area contributed by atoms with E-state index in [0.29, 0.717) is 12.6 Å². The van der Waals surface area contributed by atoms with Crippen molar-refractivity contribution in [1.29, 1.82) is 0 Å². The third kappa shape index (κ3) is 6.07. The molecule has 1 aromatic rings. The van der Waals surface area contributed by atoms with Crippen LogP contribution in [-0.4, -0.2) is 73.7 Å². The van der Waals surface area contributed by atoms with Crippen molar-refractivity contribution in [3.8, 4) is 11.8 Å². The molecule has 5 nitrogen and oxygen atoms in total. The second kappa shape index (κ2) is 10.9. The summed E-state index contributed by atoms with van der Waals surface area (Å²) < 4.78 is 5.61.